The van der Waals surface area contributed by atoms with Crippen LogP contribution in [-0.4, -0.2) is 47.1 Å². The summed E-state index contributed by atoms with van der Waals surface area (Å²) in [5.74, 6) is -0.415. The number of hydrogen-bond acceptors (Lipinski definition) is 3. The minimum Gasteiger partial charge on any atom is -0.480 e. The van der Waals surface area contributed by atoms with Crippen molar-refractivity contribution in [2.45, 2.75) is 50.6 Å². The van der Waals surface area contributed by atoms with Gasteiger partial charge in [0.05, 0.1) is 6.54 Å². The van der Waals surface area contributed by atoms with Crippen molar-refractivity contribution in [1.82, 2.24) is 10.2 Å². The Labute approximate surface area is 143 Å². The third-order valence-corrected chi connectivity index (χ3v) is 5.41. The summed E-state index contributed by atoms with van der Waals surface area (Å²) in [6, 6.07) is 9.80. The number of nitrogens with zero attached hydrogens (tertiary/aromatic N) is 1. The topological polar surface area (TPSA) is 69.6 Å². The van der Waals surface area contributed by atoms with Crippen molar-refractivity contribution < 1.29 is 14.7 Å². The first-order valence-corrected chi connectivity index (χ1v) is 8.94. The van der Waals surface area contributed by atoms with Crippen molar-refractivity contribution in [3.8, 4) is 0 Å². The van der Waals surface area contributed by atoms with Crippen molar-refractivity contribution in [2.24, 2.45) is 5.92 Å². The molecule has 1 saturated carbocycles. The molecule has 2 N–H and O–H groups in total. The fraction of sp³-hybridized carbons (Fsp3) is 0.579. The Bertz CT molecular complexity index is 575. The molecule has 0 unspecified atom stereocenters. The molecule has 2 fully saturated rings. The van der Waals surface area contributed by atoms with Crippen LogP contribution in [0.2, 0.25) is 0 Å². The Morgan fingerprint density at radius 3 is 2.67 bits per heavy atom. The van der Waals surface area contributed by atoms with Crippen LogP contribution in [0.5, 0.6) is 0 Å². The Kier molecular flexibility index (Phi) is 5.51. The van der Waals surface area contributed by atoms with E-state index in [9.17, 15) is 14.7 Å². The number of rotatable bonds is 6. The van der Waals surface area contributed by atoms with Gasteiger partial charge in [0.15, 0.2) is 0 Å². The van der Waals surface area contributed by atoms with Gasteiger partial charge in [-0.05, 0) is 37.2 Å². The van der Waals surface area contributed by atoms with Gasteiger partial charge in [0.25, 0.3) is 0 Å². The molecule has 3 rings (SSSR count). The van der Waals surface area contributed by atoms with E-state index in [4.69, 9.17) is 0 Å². The average Bonchev–Trinajstić information content (AvgIpc) is 2.95. The van der Waals surface area contributed by atoms with E-state index in [0.29, 0.717) is 18.9 Å². The van der Waals surface area contributed by atoms with E-state index in [1.165, 1.54) is 12.0 Å². The van der Waals surface area contributed by atoms with Crippen LogP contribution in [-0.2, 0) is 16.0 Å². The lowest BCUT2D eigenvalue weighted by molar-refractivity contribution is -0.143. The molecule has 5 nitrogen and oxygen atoms in total. The van der Waals surface area contributed by atoms with Crippen LogP contribution in [0.3, 0.4) is 0 Å². The molecule has 0 aromatic heterocycles. The second-order valence-corrected chi connectivity index (χ2v) is 6.96. The fourth-order valence-electron chi connectivity index (χ4n) is 4.24. The van der Waals surface area contributed by atoms with Gasteiger partial charge in [-0.2, -0.15) is 0 Å². The Balaban J connectivity index is 1.52. The highest BCUT2D eigenvalue weighted by Crippen LogP contribution is 2.39. The van der Waals surface area contributed by atoms with E-state index in [0.717, 1.165) is 25.7 Å². The molecule has 0 bridgehead atoms. The quantitative estimate of drug-likeness (QED) is 0.838. The van der Waals surface area contributed by atoms with Gasteiger partial charge in [-0.3, -0.25) is 14.5 Å². The molecule has 0 spiro atoms. The summed E-state index contributed by atoms with van der Waals surface area (Å²) in [6.07, 6.45) is 5.93. The zero-order valence-corrected chi connectivity index (χ0v) is 14.0. The maximum atomic E-state index is 12.3. The monoisotopic (exact) mass is 330 g/mol. The summed E-state index contributed by atoms with van der Waals surface area (Å²) in [5.41, 5.74) is 1.19. The van der Waals surface area contributed by atoms with Crippen LogP contribution < -0.4 is 5.32 Å². The van der Waals surface area contributed by atoms with Gasteiger partial charge < -0.3 is 10.4 Å². The van der Waals surface area contributed by atoms with Crippen LogP contribution in [0.15, 0.2) is 30.3 Å². The normalized spacial score (nSPS) is 26.8. The highest BCUT2D eigenvalue weighted by molar-refractivity contribution is 5.80. The lowest BCUT2D eigenvalue weighted by Gasteiger charge is -2.32. The molecule has 1 amide bonds. The summed E-state index contributed by atoms with van der Waals surface area (Å²) in [6.45, 7) is 0.787. The molecule has 24 heavy (non-hydrogen) atoms. The van der Waals surface area contributed by atoms with Crippen LogP contribution in [0.4, 0.5) is 0 Å². The molecule has 130 valence electrons. The number of nitrogens with one attached hydrogen (secondary N) is 1. The summed E-state index contributed by atoms with van der Waals surface area (Å²) in [5, 5.41) is 12.4. The Hall–Kier alpha value is -1.88. The van der Waals surface area contributed by atoms with E-state index in [1.807, 2.05) is 35.2 Å². The van der Waals surface area contributed by atoms with Crippen molar-refractivity contribution in [1.29, 1.82) is 0 Å². The van der Waals surface area contributed by atoms with Crippen LogP contribution >= 0.6 is 0 Å². The third kappa shape index (κ3) is 3.96. The molecule has 0 radical (unpaired) electrons. The molecule has 5 heteroatoms. The SMILES string of the molecule is O=C(CN1[C@H](C(=O)O)C[C@@H]2CCCC[C@@H]21)NCCc1ccccc1. The largest absolute Gasteiger partial charge is 0.480 e. The fourth-order valence-corrected chi connectivity index (χ4v) is 4.24. The van der Waals surface area contributed by atoms with Crippen molar-refractivity contribution in [2.75, 3.05) is 13.1 Å². The first kappa shape index (κ1) is 17.0. The van der Waals surface area contributed by atoms with Crippen LogP contribution in [0, 0.1) is 5.92 Å². The van der Waals surface area contributed by atoms with E-state index < -0.39 is 12.0 Å². The summed E-state index contributed by atoms with van der Waals surface area (Å²) < 4.78 is 0. The third-order valence-electron chi connectivity index (χ3n) is 5.41. The molecule has 1 aromatic rings. The van der Waals surface area contributed by atoms with Crippen LogP contribution in [0.1, 0.15) is 37.7 Å². The molecule has 2 aliphatic rings. The van der Waals surface area contributed by atoms with Gasteiger partial charge >= 0.3 is 5.97 Å². The lowest BCUT2D eigenvalue weighted by Crippen LogP contribution is -2.47. The maximum absolute atomic E-state index is 12.3. The molecular weight excluding hydrogens is 304 g/mol. The first-order chi connectivity index (χ1) is 11.6. The van der Waals surface area contributed by atoms with Crippen molar-refractivity contribution in [3.63, 3.8) is 0 Å². The molecule has 1 aliphatic heterocycles. The second kappa shape index (κ2) is 7.79. The molecule has 1 aromatic carbocycles. The smallest absolute Gasteiger partial charge is 0.320 e. The number of benzene rings is 1. The first-order valence-electron chi connectivity index (χ1n) is 8.94. The number of fused-ring (bicyclic) bond motifs is 1. The lowest BCUT2D eigenvalue weighted by atomic mass is 9.85. The van der Waals surface area contributed by atoms with E-state index in [1.54, 1.807) is 0 Å². The minimum absolute atomic E-state index is 0.0663. The molecule has 1 aliphatic carbocycles. The number of carbonyl (C=O) groups is 2. The number of likely N-dealkylation sites (tertiary alicyclic amines) is 1. The number of carbonyl (C=O) groups excluding carboxylic acids is 1. The Morgan fingerprint density at radius 2 is 1.92 bits per heavy atom. The predicted octanol–water partition coefficient (Wildman–Crippen LogP) is 2.06. The second-order valence-electron chi connectivity index (χ2n) is 6.96. The van der Waals surface area contributed by atoms with Gasteiger partial charge in [-0.1, -0.05) is 43.2 Å². The molecule has 1 heterocycles. The van der Waals surface area contributed by atoms with E-state index in [-0.39, 0.29) is 18.5 Å². The highest BCUT2D eigenvalue weighted by Gasteiger charge is 2.45. The molecule has 3 atom stereocenters. The molecular formula is C19H26N2O3. The Morgan fingerprint density at radius 1 is 1.17 bits per heavy atom. The van der Waals surface area contributed by atoms with Crippen molar-refractivity contribution in [3.05, 3.63) is 35.9 Å². The zero-order valence-electron chi connectivity index (χ0n) is 14.0. The van der Waals surface area contributed by atoms with E-state index in [2.05, 4.69) is 5.32 Å². The predicted molar refractivity (Wildman–Crippen MR) is 91.6 cm³/mol. The van der Waals surface area contributed by atoms with E-state index >= 15 is 0 Å². The van der Waals surface area contributed by atoms with Gasteiger partial charge in [-0.15, -0.1) is 0 Å². The van der Waals surface area contributed by atoms with Gasteiger partial charge in [0.1, 0.15) is 6.04 Å². The number of aliphatic carboxylic acids is 1. The number of carboxylic acids is 1. The van der Waals surface area contributed by atoms with Gasteiger partial charge in [0, 0.05) is 12.6 Å². The standard InChI is InChI=1S/C19H26N2O3/c22-18(20-11-10-14-6-2-1-3-7-14)13-21-16-9-5-4-8-15(16)12-17(21)19(23)24/h1-3,6-7,15-17H,4-5,8-13H2,(H,20,22)(H,23,24)/t15-,16-,17-/m0/s1. The average molecular weight is 330 g/mol. The summed E-state index contributed by atoms with van der Waals surface area (Å²) in [4.78, 5) is 25.8. The van der Waals surface area contributed by atoms with Crippen LogP contribution in [0.25, 0.3) is 0 Å². The van der Waals surface area contributed by atoms with Crippen molar-refractivity contribution >= 4 is 11.9 Å². The zero-order chi connectivity index (χ0) is 16.9. The van der Waals surface area contributed by atoms with Gasteiger partial charge in [-0.25, -0.2) is 0 Å². The van der Waals surface area contributed by atoms with Gasteiger partial charge in [0.2, 0.25) is 5.91 Å². The number of carboxylic acid groups (broad SMARTS) is 1. The number of hydrogen-bond donors (Lipinski definition) is 2. The number of amides is 1. The maximum Gasteiger partial charge on any atom is 0.320 e. The summed E-state index contributed by atoms with van der Waals surface area (Å²) in [7, 11) is 0. The highest BCUT2D eigenvalue weighted by atomic mass is 16.4. The molecule has 1 saturated heterocycles. The summed E-state index contributed by atoms with van der Waals surface area (Å²) >= 11 is 0. The minimum atomic E-state index is -0.790.